The largest absolute Gasteiger partial charge is 0.312 e. The summed E-state index contributed by atoms with van der Waals surface area (Å²) in [7, 11) is 0. The Bertz CT molecular complexity index is 132. The highest BCUT2D eigenvalue weighted by Crippen LogP contribution is 2.24. The van der Waals surface area contributed by atoms with Crippen molar-refractivity contribution >= 4 is 23.4 Å². The smallest absolute Gasteiger partial charge is 0.0404 e. The van der Waals surface area contributed by atoms with E-state index in [9.17, 15) is 0 Å². The monoisotopic (exact) mass is 205 g/mol. The van der Waals surface area contributed by atoms with Gasteiger partial charge in [-0.2, -0.15) is 11.8 Å². The van der Waals surface area contributed by atoms with Gasteiger partial charge in [0, 0.05) is 24.2 Å². The lowest BCUT2D eigenvalue weighted by Crippen LogP contribution is -2.23. The first kappa shape index (κ1) is 10.4. The van der Waals surface area contributed by atoms with Crippen LogP contribution in [0.15, 0.2) is 12.2 Å². The predicted molar refractivity (Wildman–Crippen MR) is 58.2 cm³/mol. The molecule has 1 heterocycles. The Morgan fingerprint density at radius 3 is 3.08 bits per heavy atom. The van der Waals surface area contributed by atoms with E-state index in [1.165, 1.54) is 18.6 Å². The van der Waals surface area contributed by atoms with Gasteiger partial charge in [0.15, 0.2) is 0 Å². The molecule has 1 aliphatic rings. The van der Waals surface area contributed by atoms with Crippen LogP contribution in [0.25, 0.3) is 0 Å². The van der Waals surface area contributed by atoms with Gasteiger partial charge in [-0.05, 0) is 18.6 Å². The fourth-order valence-corrected chi connectivity index (χ4v) is 2.64. The molecule has 0 saturated carbocycles. The van der Waals surface area contributed by atoms with Crippen molar-refractivity contribution in [3.63, 3.8) is 0 Å². The van der Waals surface area contributed by atoms with E-state index in [0.29, 0.717) is 5.88 Å². The molecule has 1 fully saturated rings. The normalized spacial score (nSPS) is 23.9. The van der Waals surface area contributed by atoms with Crippen LogP contribution in [0, 0.1) is 0 Å². The number of rotatable bonds is 5. The summed E-state index contributed by atoms with van der Waals surface area (Å²) in [6.07, 6.45) is 6.86. The maximum absolute atomic E-state index is 5.49. The summed E-state index contributed by atoms with van der Waals surface area (Å²) in [6.45, 7) is 2.11. The highest BCUT2D eigenvalue weighted by molar-refractivity contribution is 8.00. The van der Waals surface area contributed by atoms with Crippen molar-refractivity contribution in [2.24, 2.45) is 0 Å². The van der Waals surface area contributed by atoms with Crippen LogP contribution in [-0.2, 0) is 0 Å². The number of alkyl halides is 1. The van der Waals surface area contributed by atoms with Gasteiger partial charge >= 0.3 is 0 Å². The highest BCUT2D eigenvalue weighted by Gasteiger charge is 2.13. The van der Waals surface area contributed by atoms with Crippen LogP contribution in [0.5, 0.6) is 0 Å². The van der Waals surface area contributed by atoms with Crippen molar-refractivity contribution in [1.29, 1.82) is 0 Å². The Hall–Kier alpha value is 0.340. The zero-order chi connectivity index (χ0) is 8.65. The summed E-state index contributed by atoms with van der Waals surface area (Å²) in [5.41, 5.74) is 0. The van der Waals surface area contributed by atoms with E-state index in [0.717, 1.165) is 18.3 Å². The summed E-state index contributed by atoms with van der Waals surface area (Å²) in [4.78, 5) is 0. The summed E-state index contributed by atoms with van der Waals surface area (Å²) >= 11 is 7.58. The summed E-state index contributed by atoms with van der Waals surface area (Å²) in [5, 5.41) is 4.25. The molecule has 1 saturated heterocycles. The standard InChI is InChI=1S/C9H16ClNS/c10-5-1-2-6-11-8-9-4-3-7-12-9/h1-2,9,11H,3-8H2/b2-1+. The Morgan fingerprint density at radius 1 is 1.50 bits per heavy atom. The molecule has 0 bridgehead atoms. The Kier molecular flexibility index (Phi) is 5.92. The number of thioether (sulfide) groups is 1. The van der Waals surface area contributed by atoms with Crippen LogP contribution in [0.2, 0.25) is 0 Å². The first-order valence-electron chi connectivity index (χ1n) is 4.47. The molecule has 1 rings (SSSR count). The van der Waals surface area contributed by atoms with Gasteiger partial charge in [0.05, 0.1) is 0 Å². The van der Waals surface area contributed by atoms with E-state index in [-0.39, 0.29) is 0 Å². The van der Waals surface area contributed by atoms with E-state index in [1.807, 2.05) is 6.08 Å². The minimum Gasteiger partial charge on any atom is -0.312 e. The van der Waals surface area contributed by atoms with Crippen molar-refractivity contribution in [3.8, 4) is 0 Å². The molecule has 1 nitrogen and oxygen atoms in total. The third-order valence-corrected chi connectivity index (χ3v) is 3.49. The van der Waals surface area contributed by atoms with E-state index < -0.39 is 0 Å². The molecule has 0 aromatic carbocycles. The van der Waals surface area contributed by atoms with E-state index in [2.05, 4.69) is 23.2 Å². The molecule has 70 valence electrons. The molecule has 0 spiro atoms. The third kappa shape index (κ3) is 4.39. The summed E-state index contributed by atoms with van der Waals surface area (Å²) < 4.78 is 0. The number of hydrogen-bond acceptors (Lipinski definition) is 2. The Morgan fingerprint density at radius 2 is 2.42 bits per heavy atom. The summed E-state index contributed by atoms with van der Waals surface area (Å²) in [5.74, 6) is 1.98. The van der Waals surface area contributed by atoms with Gasteiger partial charge < -0.3 is 5.32 Å². The molecule has 0 radical (unpaired) electrons. The summed E-state index contributed by atoms with van der Waals surface area (Å²) in [6, 6.07) is 0. The van der Waals surface area contributed by atoms with Crippen LogP contribution < -0.4 is 5.32 Å². The minimum atomic E-state index is 0.625. The quantitative estimate of drug-likeness (QED) is 0.420. The Balaban J connectivity index is 1.91. The van der Waals surface area contributed by atoms with Crippen molar-refractivity contribution in [2.75, 3.05) is 24.7 Å². The van der Waals surface area contributed by atoms with Gasteiger partial charge in [0.2, 0.25) is 0 Å². The van der Waals surface area contributed by atoms with Gasteiger partial charge in [0.1, 0.15) is 0 Å². The minimum absolute atomic E-state index is 0.625. The number of allylic oxidation sites excluding steroid dienone is 1. The molecule has 0 aromatic rings. The van der Waals surface area contributed by atoms with Crippen molar-refractivity contribution in [2.45, 2.75) is 18.1 Å². The number of nitrogens with one attached hydrogen (secondary N) is 1. The third-order valence-electron chi connectivity index (χ3n) is 1.91. The van der Waals surface area contributed by atoms with E-state index >= 15 is 0 Å². The van der Waals surface area contributed by atoms with Gasteiger partial charge in [-0.25, -0.2) is 0 Å². The molecule has 1 N–H and O–H groups in total. The molecule has 12 heavy (non-hydrogen) atoms. The maximum Gasteiger partial charge on any atom is 0.0404 e. The number of hydrogen-bond donors (Lipinski definition) is 1. The second kappa shape index (κ2) is 6.81. The van der Waals surface area contributed by atoms with Gasteiger partial charge in [-0.1, -0.05) is 12.2 Å². The lowest BCUT2D eigenvalue weighted by Gasteiger charge is -2.07. The first-order valence-corrected chi connectivity index (χ1v) is 6.05. The van der Waals surface area contributed by atoms with Gasteiger partial charge in [0.25, 0.3) is 0 Å². The van der Waals surface area contributed by atoms with E-state index in [1.54, 1.807) is 0 Å². The lowest BCUT2D eigenvalue weighted by molar-refractivity contribution is 0.683. The van der Waals surface area contributed by atoms with Crippen molar-refractivity contribution in [3.05, 3.63) is 12.2 Å². The van der Waals surface area contributed by atoms with Gasteiger partial charge in [-0.3, -0.25) is 0 Å². The Labute approximate surface area is 83.9 Å². The zero-order valence-corrected chi connectivity index (χ0v) is 8.83. The molecule has 1 unspecified atom stereocenters. The zero-order valence-electron chi connectivity index (χ0n) is 7.26. The highest BCUT2D eigenvalue weighted by atomic mass is 35.5. The van der Waals surface area contributed by atoms with Crippen LogP contribution in [0.1, 0.15) is 12.8 Å². The molecular formula is C9H16ClNS. The molecule has 0 aromatic heterocycles. The first-order chi connectivity index (χ1) is 5.93. The van der Waals surface area contributed by atoms with Crippen LogP contribution in [0.4, 0.5) is 0 Å². The molecule has 0 aliphatic carbocycles. The average Bonchev–Trinajstić information content (AvgIpc) is 2.57. The van der Waals surface area contributed by atoms with Crippen LogP contribution >= 0.6 is 23.4 Å². The fraction of sp³-hybridized carbons (Fsp3) is 0.778. The second-order valence-corrected chi connectivity index (χ2v) is 4.64. The molecule has 1 atom stereocenters. The number of halogens is 1. The predicted octanol–water partition coefficient (Wildman–Crippen LogP) is 2.27. The maximum atomic E-state index is 5.49. The van der Waals surface area contributed by atoms with Crippen molar-refractivity contribution in [1.82, 2.24) is 5.32 Å². The van der Waals surface area contributed by atoms with Crippen LogP contribution in [-0.4, -0.2) is 30.0 Å². The average molecular weight is 206 g/mol. The SMILES string of the molecule is ClC/C=C/CNCC1CCCS1. The second-order valence-electron chi connectivity index (χ2n) is 2.92. The van der Waals surface area contributed by atoms with Crippen LogP contribution in [0.3, 0.4) is 0 Å². The van der Waals surface area contributed by atoms with Gasteiger partial charge in [-0.15, -0.1) is 11.6 Å². The van der Waals surface area contributed by atoms with Crippen molar-refractivity contribution < 1.29 is 0 Å². The van der Waals surface area contributed by atoms with E-state index in [4.69, 9.17) is 11.6 Å². The lowest BCUT2D eigenvalue weighted by atomic mass is 10.2. The fourth-order valence-electron chi connectivity index (χ4n) is 1.28. The molecular weight excluding hydrogens is 190 g/mol. The molecule has 0 amide bonds. The molecule has 1 aliphatic heterocycles. The topological polar surface area (TPSA) is 12.0 Å². The molecule has 3 heteroatoms.